The van der Waals surface area contributed by atoms with Crippen molar-refractivity contribution in [3.05, 3.63) is 46.7 Å². The van der Waals surface area contributed by atoms with Gasteiger partial charge in [0.15, 0.2) is 0 Å². The Labute approximate surface area is 129 Å². The molecule has 1 aromatic carbocycles. The second-order valence-electron chi connectivity index (χ2n) is 5.85. The van der Waals surface area contributed by atoms with Gasteiger partial charge >= 0.3 is 5.97 Å². The molecule has 0 radical (unpaired) electrons. The summed E-state index contributed by atoms with van der Waals surface area (Å²) in [6.45, 7) is 6.91. The van der Waals surface area contributed by atoms with Crippen LogP contribution in [-0.2, 0) is 22.0 Å². The summed E-state index contributed by atoms with van der Waals surface area (Å²) < 4.78 is 5.15. The van der Waals surface area contributed by atoms with Gasteiger partial charge in [0, 0.05) is 6.08 Å². The molecule has 1 aromatic rings. The van der Waals surface area contributed by atoms with E-state index in [1.807, 2.05) is 13.0 Å². The van der Waals surface area contributed by atoms with Gasteiger partial charge in [-0.2, -0.15) is 0 Å². The normalized spacial score (nSPS) is 18.9. The molecule has 1 aliphatic heterocycles. The van der Waals surface area contributed by atoms with E-state index < -0.39 is 8.07 Å². The number of aryl methyl sites for hydroxylation is 1. The zero-order valence-electron chi connectivity index (χ0n) is 13.4. The average molecular weight is 302 g/mol. The van der Waals surface area contributed by atoms with E-state index in [1.165, 1.54) is 34.5 Å². The molecule has 114 valence electrons. The molecule has 0 fully saturated rings. The summed E-state index contributed by atoms with van der Waals surface area (Å²) >= 11 is 0. The Kier molecular flexibility index (Phi) is 5.40. The van der Waals surface area contributed by atoms with Gasteiger partial charge in [0.1, 0.15) is 0 Å². The molecular formula is C18H26O2Si. The van der Waals surface area contributed by atoms with Gasteiger partial charge in [0.05, 0.1) is 14.7 Å². The van der Waals surface area contributed by atoms with E-state index in [0.717, 1.165) is 12.8 Å². The van der Waals surface area contributed by atoms with E-state index in [0.29, 0.717) is 6.61 Å². The van der Waals surface area contributed by atoms with Crippen LogP contribution in [-0.4, -0.2) is 20.7 Å². The van der Waals surface area contributed by atoms with E-state index in [4.69, 9.17) is 4.74 Å². The summed E-state index contributed by atoms with van der Waals surface area (Å²) in [5.41, 5.74) is 2.96. The first kappa shape index (κ1) is 16.0. The molecule has 1 aliphatic rings. The summed E-state index contributed by atoms with van der Waals surface area (Å²) in [4.78, 5) is 11.9. The number of allylic oxidation sites excluding steroid dienone is 1. The second kappa shape index (κ2) is 7.08. The fraction of sp³-hybridized carbons (Fsp3) is 0.500. The number of ether oxygens (including phenoxy) is 1. The highest BCUT2D eigenvalue weighted by Gasteiger charge is 2.36. The Morgan fingerprint density at radius 2 is 1.81 bits per heavy atom. The van der Waals surface area contributed by atoms with Crippen LogP contribution in [0.25, 0.3) is 0 Å². The Hall–Kier alpha value is -1.35. The van der Waals surface area contributed by atoms with Gasteiger partial charge in [-0.05, 0) is 36.9 Å². The predicted octanol–water partition coefficient (Wildman–Crippen LogP) is 4.23. The minimum Gasteiger partial charge on any atom is -0.463 e. The molecule has 21 heavy (non-hydrogen) atoms. The van der Waals surface area contributed by atoms with E-state index in [1.54, 1.807) is 0 Å². The van der Waals surface area contributed by atoms with Crippen LogP contribution in [0.2, 0.25) is 12.1 Å². The van der Waals surface area contributed by atoms with Crippen molar-refractivity contribution in [1.29, 1.82) is 0 Å². The highest BCUT2D eigenvalue weighted by molar-refractivity contribution is 6.86. The summed E-state index contributed by atoms with van der Waals surface area (Å²) in [7, 11) is -1.59. The van der Waals surface area contributed by atoms with Crippen molar-refractivity contribution in [3.63, 3.8) is 0 Å². The Bertz CT molecular complexity index is 530. The molecule has 0 N–H and O–H groups in total. The average Bonchev–Trinajstić information content (AvgIpc) is 2.65. The molecule has 0 saturated heterocycles. The first-order valence-electron chi connectivity index (χ1n) is 8.09. The Balaban J connectivity index is 2.39. The molecule has 0 aliphatic carbocycles. The predicted molar refractivity (Wildman–Crippen MR) is 89.9 cm³/mol. The van der Waals surface area contributed by atoms with E-state index in [-0.39, 0.29) is 5.97 Å². The van der Waals surface area contributed by atoms with Gasteiger partial charge in [-0.1, -0.05) is 55.4 Å². The van der Waals surface area contributed by atoms with Crippen molar-refractivity contribution in [3.8, 4) is 0 Å². The quantitative estimate of drug-likeness (QED) is 0.472. The SMILES string of the molecule is CCOC(=O)/C=C1\CCc2ccccc2C[Si]1(CC)CC. The van der Waals surface area contributed by atoms with Crippen LogP contribution >= 0.6 is 0 Å². The van der Waals surface area contributed by atoms with Gasteiger partial charge in [-0.3, -0.25) is 0 Å². The molecule has 2 nitrogen and oxygen atoms in total. The molecule has 0 bridgehead atoms. The third kappa shape index (κ3) is 3.46. The first-order chi connectivity index (χ1) is 10.1. The lowest BCUT2D eigenvalue weighted by molar-refractivity contribution is -0.137. The van der Waals surface area contributed by atoms with Gasteiger partial charge < -0.3 is 4.74 Å². The van der Waals surface area contributed by atoms with Crippen LogP contribution in [0.5, 0.6) is 0 Å². The van der Waals surface area contributed by atoms with Gasteiger partial charge in [0.25, 0.3) is 0 Å². The van der Waals surface area contributed by atoms with Crippen LogP contribution in [0, 0.1) is 0 Å². The number of carbonyl (C=O) groups excluding carboxylic acids is 1. The van der Waals surface area contributed by atoms with Crippen LogP contribution in [0.3, 0.4) is 0 Å². The maximum atomic E-state index is 11.9. The third-order valence-corrected chi connectivity index (χ3v) is 10.4. The zero-order chi connectivity index (χ0) is 15.3. The van der Waals surface area contributed by atoms with Gasteiger partial charge in [-0.25, -0.2) is 4.79 Å². The van der Waals surface area contributed by atoms with Crippen molar-refractivity contribution in [2.75, 3.05) is 6.61 Å². The summed E-state index contributed by atoms with van der Waals surface area (Å²) in [5.74, 6) is -0.155. The summed E-state index contributed by atoms with van der Waals surface area (Å²) in [6, 6.07) is 12.3. The highest BCUT2D eigenvalue weighted by Crippen LogP contribution is 2.35. The Morgan fingerprint density at radius 1 is 1.14 bits per heavy atom. The van der Waals surface area contributed by atoms with Crippen molar-refractivity contribution >= 4 is 14.0 Å². The number of esters is 1. The van der Waals surface area contributed by atoms with Crippen molar-refractivity contribution in [2.45, 2.75) is 51.7 Å². The minimum atomic E-state index is -1.59. The number of hydrogen-bond acceptors (Lipinski definition) is 2. The lowest BCUT2D eigenvalue weighted by atomic mass is 10.0. The Morgan fingerprint density at radius 3 is 2.43 bits per heavy atom. The van der Waals surface area contributed by atoms with Crippen molar-refractivity contribution in [1.82, 2.24) is 0 Å². The smallest absolute Gasteiger partial charge is 0.330 e. The van der Waals surface area contributed by atoms with E-state index >= 15 is 0 Å². The number of fused-ring (bicyclic) bond motifs is 1. The topological polar surface area (TPSA) is 26.3 Å². The minimum absolute atomic E-state index is 0.155. The maximum Gasteiger partial charge on any atom is 0.330 e. The lowest BCUT2D eigenvalue weighted by Gasteiger charge is -2.31. The maximum absolute atomic E-state index is 11.9. The molecule has 0 atom stereocenters. The molecule has 2 rings (SSSR count). The fourth-order valence-electron chi connectivity index (χ4n) is 3.49. The van der Waals surface area contributed by atoms with Gasteiger partial charge in [0.2, 0.25) is 0 Å². The van der Waals surface area contributed by atoms with Crippen molar-refractivity contribution < 1.29 is 9.53 Å². The number of rotatable bonds is 4. The van der Waals surface area contributed by atoms with E-state index in [2.05, 4.69) is 38.1 Å². The monoisotopic (exact) mass is 302 g/mol. The van der Waals surface area contributed by atoms with Crippen molar-refractivity contribution in [2.24, 2.45) is 0 Å². The largest absolute Gasteiger partial charge is 0.463 e. The van der Waals surface area contributed by atoms with E-state index in [9.17, 15) is 4.79 Å². The second-order valence-corrected chi connectivity index (χ2v) is 10.8. The lowest BCUT2D eigenvalue weighted by Crippen LogP contribution is -2.38. The van der Waals surface area contributed by atoms with Crippen LogP contribution in [0.4, 0.5) is 0 Å². The van der Waals surface area contributed by atoms with Gasteiger partial charge in [-0.15, -0.1) is 0 Å². The first-order valence-corrected chi connectivity index (χ1v) is 10.7. The number of carbonyl (C=O) groups is 1. The molecule has 0 unspecified atom stereocenters. The molecule has 0 saturated carbocycles. The molecule has 3 heteroatoms. The molecule has 1 heterocycles. The summed E-state index contributed by atoms with van der Waals surface area (Å²) in [5, 5.41) is 1.40. The van der Waals surface area contributed by atoms with Crippen LogP contribution < -0.4 is 0 Å². The highest BCUT2D eigenvalue weighted by atomic mass is 28.3. The zero-order valence-corrected chi connectivity index (χ0v) is 14.4. The number of benzene rings is 1. The molecule has 0 amide bonds. The standard InChI is InChI=1S/C18H26O2Si/c1-4-20-18(19)13-17-12-11-15-9-7-8-10-16(15)14-21(17,5-2)6-3/h7-10,13H,4-6,11-12,14H2,1-3H3/b17-13+. The number of hydrogen-bond donors (Lipinski definition) is 0. The van der Waals surface area contributed by atoms with Crippen LogP contribution in [0.1, 0.15) is 38.3 Å². The summed E-state index contributed by atoms with van der Waals surface area (Å²) in [6.07, 6.45) is 3.90. The molecule has 0 spiro atoms. The van der Waals surface area contributed by atoms with Crippen LogP contribution in [0.15, 0.2) is 35.5 Å². The third-order valence-electron chi connectivity index (χ3n) is 4.92. The molecular weight excluding hydrogens is 276 g/mol. The molecule has 0 aromatic heterocycles. The fourth-order valence-corrected chi connectivity index (χ4v) is 7.78.